The van der Waals surface area contributed by atoms with Crippen molar-refractivity contribution in [1.29, 1.82) is 0 Å². The number of amidine groups is 1. The fourth-order valence-corrected chi connectivity index (χ4v) is 2.83. The first-order valence-electron chi connectivity index (χ1n) is 7.78. The van der Waals surface area contributed by atoms with Gasteiger partial charge >= 0.3 is 5.97 Å². The largest absolute Gasteiger partial charge is 0.477 e. The van der Waals surface area contributed by atoms with Gasteiger partial charge in [0, 0.05) is 16.1 Å². The molecular weight excluding hydrogens is 394 g/mol. The molecule has 0 radical (unpaired) electrons. The number of carbonyl (C=O) groups is 1. The second-order valence-corrected chi connectivity index (χ2v) is 6.15. The maximum absolute atomic E-state index is 13.8. The fourth-order valence-electron chi connectivity index (χ4n) is 2.43. The van der Waals surface area contributed by atoms with Crippen molar-refractivity contribution in [3.63, 3.8) is 0 Å². The van der Waals surface area contributed by atoms with Crippen LogP contribution in [-0.4, -0.2) is 40.8 Å². The molecular formula is C18H13Cl2FN4O2. The molecule has 0 aliphatic carbocycles. The van der Waals surface area contributed by atoms with E-state index < -0.39 is 11.8 Å². The summed E-state index contributed by atoms with van der Waals surface area (Å²) in [5.74, 6) is -1.66. The number of carboxylic acids is 1. The molecule has 0 fully saturated rings. The number of halogens is 3. The molecule has 0 aromatic heterocycles. The summed E-state index contributed by atoms with van der Waals surface area (Å²) < 4.78 is 13.8. The van der Waals surface area contributed by atoms with Gasteiger partial charge in [-0.15, -0.1) is 11.6 Å². The number of benzene rings is 2. The van der Waals surface area contributed by atoms with Crippen LogP contribution in [0.25, 0.3) is 0 Å². The standard InChI is InChI=1S/C18H13Cl2FN4O2/c19-8-15(18(26)27)24-25-16-9-22-17(11-3-1-2-4-13(11)20)12-7-10(21)5-6-14(12)23-16/h1-7H,8-9H2,(H,23,25)(H,26,27)/b24-15-. The minimum Gasteiger partial charge on any atom is -0.477 e. The Hall–Kier alpha value is -2.77. The zero-order valence-corrected chi connectivity index (χ0v) is 15.3. The Kier molecular flexibility index (Phi) is 5.83. The number of hydrogen-bond donors (Lipinski definition) is 2. The number of aliphatic carboxylic acids is 1. The number of hydrazone groups is 1. The number of fused-ring (bicyclic) bond motifs is 1. The smallest absolute Gasteiger partial charge is 0.353 e. The van der Waals surface area contributed by atoms with E-state index >= 15 is 0 Å². The zero-order valence-electron chi connectivity index (χ0n) is 13.8. The van der Waals surface area contributed by atoms with Crippen molar-refractivity contribution in [3.8, 4) is 0 Å². The molecule has 9 heteroatoms. The van der Waals surface area contributed by atoms with Crippen LogP contribution >= 0.6 is 23.2 Å². The van der Waals surface area contributed by atoms with E-state index in [1.807, 2.05) is 0 Å². The fraction of sp³-hybridized carbons (Fsp3) is 0.111. The highest BCUT2D eigenvalue weighted by Gasteiger charge is 2.19. The van der Waals surface area contributed by atoms with E-state index in [9.17, 15) is 9.18 Å². The Morgan fingerprint density at radius 2 is 2.04 bits per heavy atom. The van der Waals surface area contributed by atoms with E-state index in [4.69, 9.17) is 28.3 Å². The van der Waals surface area contributed by atoms with Crippen LogP contribution in [0.2, 0.25) is 5.02 Å². The summed E-state index contributed by atoms with van der Waals surface area (Å²) in [7, 11) is 0. The maximum Gasteiger partial charge on any atom is 0.353 e. The first-order valence-corrected chi connectivity index (χ1v) is 8.69. The lowest BCUT2D eigenvalue weighted by Crippen LogP contribution is -2.26. The molecule has 138 valence electrons. The summed E-state index contributed by atoms with van der Waals surface area (Å²) in [6.07, 6.45) is 0. The van der Waals surface area contributed by atoms with E-state index in [0.29, 0.717) is 27.5 Å². The van der Waals surface area contributed by atoms with Gasteiger partial charge in [0.2, 0.25) is 0 Å². The van der Waals surface area contributed by atoms with Crippen LogP contribution in [0.5, 0.6) is 0 Å². The summed E-state index contributed by atoms with van der Waals surface area (Å²) in [6, 6.07) is 11.2. The van der Waals surface area contributed by atoms with Gasteiger partial charge in [0.1, 0.15) is 11.7 Å². The van der Waals surface area contributed by atoms with Crippen molar-refractivity contribution in [2.45, 2.75) is 0 Å². The van der Waals surface area contributed by atoms with Crippen LogP contribution < -0.4 is 5.43 Å². The van der Waals surface area contributed by atoms with Crippen molar-refractivity contribution >= 4 is 52.1 Å². The quantitative estimate of drug-likeness (QED) is 0.461. The molecule has 1 heterocycles. The van der Waals surface area contributed by atoms with Crippen LogP contribution in [0.4, 0.5) is 10.1 Å². The molecule has 6 nitrogen and oxygen atoms in total. The van der Waals surface area contributed by atoms with Crippen molar-refractivity contribution in [3.05, 3.63) is 64.4 Å². The third-order valence-corrected chi connectivity index (χ3v) is 4.26. The lowest BCUT2D eigenvalue weighted by molar-refractivity contribution is -0.129. The van der Waals surface area contributed by atoms with Gasteiger partial charge < -0.3 is 5.11 Å². The first-order chi connectivity index (χ1) is 13.0. The van der Waals surface area contributed by atoms with Crippen molar-refractivity contribution < 1.29 is 14.3 Å². The molecule has 1 aliphatic heterocycles. The summed E-state index contributed by atoms with van der Waals surface area (Å²) in [4.78, 5) is 19.9. The van der Waals surface area contributed by atoms with Gasteiger partial charge in [0.15, 0.2) is 5.71 Å². The third-order valence-electron chi connectivity index (χ3n) is 3.68. The summed E-state index contributed by atoms with van der Waals surface area (Å²) in [5, 5.41) is 13.2. The number of nitrogens with zero attached hydrogens (tertiary/aromatic N) is 3. The van der Waals surface area contributed by atoms with Gasteiger partial charge in [-0.25, -0.2) is 14.2 Å². The van der Waals surface area contributed by atoms with Gasteiger partial charge in [-0.05, 0) is 24.3 Å². The monoisotopic (exact) mass is 406 g/mol. The first kappa shape index (κ1) is 19.0. The Morgan fingerprint density at radius 1 is 1.26 bits per heavy atom. The number of nitrogens with one attached hydrogen (secondary N) is 1. The van der Waals surface area contributed by atoms with Crippen LogP contribution in [0.3, 0.4) is 0 Å². The molecule has 27 heavy (non-hydrogen) atoms. The number of rotatable bonds is 4. The Morgan fingerprint density at radius 3 is 2.74 bits per heavy atom. The van der Waals surface area contributed by atoms with Crippen LogP contribution in [-0.2, 0) is 4.79 Å². The number of alkyl halides is 1. The summed E-state index contributed by atoms with van der Waals surface area (Å²) in [6.45, 7) is 0.0650. The molecule has 0 bridgehead atoms. The molecule has 3 rings (SSSR count). The van der Waals surface area contributed by atoms with Gasteiger partial charge in [-0.3, -0.25) is 10.4 Å². The summed E-state index contributed by atoms with van der Waals surface area (Å²) in [5.41, 5.74) is 4.35. The number of hydrogen-bond acceptors (Lipinski definition) is 5. The number of carboxylic acid groups (broad SMARTS) is 1. The summed E-state index contributed by atoms with van der Waals surface area (Å²) >= 11 is 11.8. The van der Waals surface area contributed by atoms with E-state index in [2.05, 4.69) is 20.5 Å². The predicted molar refractivity (Wildman–Crippen MR) is 104 cm³/mol. The van der Waals surface area contributed by atoms with E-state index in [1.54, 1.807) is 24.3 Å². The second-order valence-electron chi connectivity index (χ2n) is 5.47. The van der Waals surface area contributed by atoms with Gasteiger partial charge in [0.05, 0.1) is 23.8 Å². The van der Waals surface area contributed by atoms with Gasteiger partial charge in [-0.1, -0.05) is 29.8 Å². The minimum atomic E-state index is -1.24. The van der Waals surface area contributed by atoms with Gasteiger partial charge in [0.25, 0.3) is 0 Å². The van der Waals surface area contributed by atoms with Crippen LogP contribution in [0.15, 0.2) is 57.6 Å². The van der Waals surface area contributed by atoms with Gasteiger partial charge in [-0.2, -0.15) is 5.10 Å². The molecule has 0 amide bonds. The molecule has 0 spiro atoms. The second kappa shape index (κ2) is 8.28. The van der Waals surface area contributed by atoms with E-state index in [1.165, 1.54) is 18.2 Å². The van der Waals surface area contributed by atoms with Crippen molar-refractivity contribution in [1.82, 2.24) is 5.43 Å². The SMILES string of the molecule is O=C(O)/C(CCl)=N\NC1=Nc2ccc(F)cc2C(c2ccccc2Cl)=NC1. The highest BCUT2D eigenvalue weighted by atomic mass is 35.5. The Balaban J connectivity index is 2.05. The number of aliphatic imine (C=N–C) groups is 2. The Labute approximate surface area is 164 Å². The third kappa shape index (κ3) is 4.32. The molecule has 0 unspecified atom stereocenters. The van der Waals surface area contributed by atoms with E-state index in [0.717, 1.165) is 0 Å². The van der Waals surface area contributed by atoms with Crippen molar-refractivity contribution in [2.75, 3.05) is 12.4 Å². The molecule has 0 saturated carbocycles. The maximum atomic E-state index is 13.8. The molecule has 1 aliphatic rings. The molecule has 2 aromatic carbocycles. The van der Waals surface area contributed by atoms with Crippen LogP contribution in [0, 0.1) is 5.82 Å². The van der Waals surface area contributed by atoms with Crippen LogP contribution in [0.1, 0.15) is 11.1 Å². The molecule has 0 saturated heterocycles. The highest BCUT2D eigenvalue weighted by molar-refractivity contribution is 6.46. The molecule has 2 N–H and O–H groups in total. The topological polar surface area (TPSA) is 86.4 Å². The lowest BCUT2D eigenvalue weighted by atomic mass is 10.0. The Bertz CT molecular complexity index is 989. The average molecular weight is 407 g/mol. The normalized spacial score (nSPS) is 14.0. The average Bonchev–Trinajstić information content (AvgIpc) is 2.81. The molecule has 0 atom stereocenters. The lowest BCUT2D eigenvalue weighted by Gasteiger charge is -2.10. The highest BCUT2D eigenvalue weighted by Crippen LogP contribution is 2.28. The molecule has 2 aromatic rings. The zero-order chi connectivity index (χ0) is 19.4. The predicted octanol–water partition coefficient (Wildman–Crippen LogP) is 3.63. The minimum absolute atomic E-state index is 0.0650. The van der Waals surface area contributed by atoms with E-state index in [-0.39, 0.29) is 24.0 Å². The van der Waals surface area contributed by atoms with Crippen molar-refractivity contribution in [2.24, 2.45) is 15.1 Å².